The summed E-state index contributed by atoms with van der Waals surface area (Å²) in [5.74, 6) is 0. The molecule has 1 aliphatic rings. The lowest BCUT2D eigenvalue weighted by molar-refractivity contribution is 0.661. The molecule has 0 spiro atoms. The average molecular weight is 823 g/mol. The summed E-state index contributed by atoms with van der Waals surface area (Å²) in [6.07, 6.45) is 0. The van der Waals surface area contributed by atoms with Gasteiger partial charge in [-0.05, 0) is 155 Å². The second-order valence-electron chi connectivity index (χ2n) is 18.8. The van der Waals surface area contributed by atoms with Crippen LogP contribution < -0.4 is 0 Å². The van der Waals surface area contributed by atoms with E-state index in [1.807, 2.05) is 0 Å². The fourth-order valence-electron chi connectivity index (χ4n) is 11.7. The van der Waals surface area contributed by atoms with Gasteiger partial charge < -0.3 is 0 Å². The minimum absolute atomic E-state index is 0.139. The van der Waals surface area contributed by atoms with Crippen molar-refractivity contribution in [3.8, 4) is 66.8 Å². The lowest BCUT2D eigenvalue weighted by Gasteiger charge is -2.23. The van der Waals surface area contributed by atoms with Gasteiger partial charge >= 0.3 is 0 Å². The molecule has 0 saturated heterocycles. The molecule has 65 heavy (non-hydrogen) atoms. The summed E-state index contributed by atoms with van der Waals surface area (Å²) >= 11 is 0. The van der Waals surface area contributed by atoms with Gasteiger partial charge in [0.25, 0.3) is 0 Å². The van der Waals surface area contributed by atoms with Crippen LogP contribution in [0.25, 0.3) is 131 Å². The number of hydrogen-bond donors (Lipinski definition) is 0. The van der Waals surface area contributed by atoms with Crippen LogP contribution in [0, 0.1) is 0 Å². The smallest absolute Gasteiger partial charge is 0.0159 e. The van der Waals surface area contributed by atoms with Gasteiger partial charge in [-0.15, -0.1) is 0 Å². The molecule has 13 aromatic rings. The van der Waals surface area contributed by atoms with Gasteiger partial charge in [0.2, 0.25) is 0 Å². The first-order chi connectivity index (χ1) is 32.0. The maximum absolute atomic E-state index is 2.44. The van der Waals surface area contributed by atoms with Crippen molar-refractivity contribution in [2.24, 2.45) is 0 Å². The molecule has 0 nitrogen and oxygen atoms in total. The Kier molecular flexibility index (Phi) is 7.55. The summed E-state index contributed by atoms with van der Waals surface area (Å²) in [5, 5.41) is 15.8. The van der Waals surface area contributed by atoms with Crippen molar-refractivity contribution in [3.63, 3.8) is 0 Å². The zero-order chi connectivity index (χ0) is 43.0. The van der Waals surface area contributed by atoms with Gasteiger partial charge in [0.05, 0.1) is 0 Å². The van der Waals surface area contributed by atoms with Gasteiger partial charge in [0, 0.05) is 5.41 Å². The predicted octanol–water partition coefficient (Wildman–Crippen LogP) is 18.1. The molecule has 0 bridgehead atoms. The maximum atomic E-state index is 2.44. The maximum Gasteiger partial charge on any atom is 0.0159 e. The molecule has 0 atom stereocenters. The average Bonchev–Trinajstić information content (AvgIpc) is 3.59. The first kappa shape index (κ1) is 36.4. The molecule has 0 heteroatoms. The molecular formula is C65H42. The molecule has 0 N–H and O–H groups in total. The lowest BCUT2D eigenvalue weighted by Crippen LogP contribution is -2.15. The van der Waals surface area contributed by atoms with Crippen molar-refractivity contribution >= 4 is 64.6 Å². The third-order valence-corrected chi connectivity index (χ3v) is 15.0. The molecule has 0 saturated carbocycles. The van der Waals surface area contributed by atoms with E-state index in [0.29, 0.717) is 0 Å². The molecular weight excluding hydrogens is 781 g/mol. The predicted molar refractivity (Wildman–Crippen MR) is 279 cm³/mol. The minimum atomic E-state index is -0.139. The van der Waals surface area contributed by atoms with Gasteiger partial charge in [-0.2, -0.15) is 0 Å². The van der Waals surface area contributed by atoms with Crippen LogP contribution in [-0.4, -0.2) is 0 Å². The van der Waals surface area contributed by atoms with E-state index in [1.165, 1.54) is 143 Å². The van der Waals surface area contributed by atoms with E-state index >= 15 is 0 Å². The Morgan fingerprint density at radius 3 is 1.00 bits per heavy atom. The Balaban J connectivity index is 0.772. The van der Waals surface area contributed by atoms with Crippen LogP contribution in [-0.2, 0) is 5.41 Å². The fourth-order valence-corrected chi connectivity index (χ4v) is 11.7. The van der Waals surface area contributed by atoms with Gasteiger partial charge in [-0.25, -0.2) is 0 Å². The highest BCUT2D eigenvalue weighted by atomic mass is 14.4. The van der Waals surface area contributed by atoms with E-state index in [-0.39, 0.29) is 5.41 Å². The monoisotopic (exact) mass is 822 g/mol. The molecule has 1 aliphatic carbocycles. The quantitative estimate of drug-likeness (QED) is 0.152. The number of fused-ring (bicyclic) bond motifs is 3. The van der Waals surface area contributed by atoms with Crippen LogP contribution in [0.5, 0.6) is 0 Å². The first-order valence-electron chi connectivity index (χ1n) is 22.9. The summed E-state index contributed by atoms with van der Waals surface area (Å²) < 4.78 is 0. The van der Waals surface area contributed by atoms with Crippen LogP contribution in [0.4, 0.5) is 0 Å². The Morgan fingerprint density at radius 1 is 0.231 bits per heavy atom. The van der Waals surface area contributed by atoms with Crippen molar-refractivity contribution in [3.05, 3.63) is 230 Å². The molecule has 0 heterocycles. The highest BCUT2D eigenvalue weighted by Gasteiger charge is 2.36. The summed E-state index contributed by atoms with van der Waals surface area (Å²) in [4.78, 5) is 0. The zero-order valence-corrected chi connectivity index (χ0v) is 36.3. The molecule has 0 fully saturated rings. The van der Waals surface area contributed by atoms with E-state index in [1.54, 1.807) is 0 Å². The fraction of sp³-hybridized carbons (Fsp3) is 0.0462. The number of hydrogen-bond acceptors (Lipinski definition) is 0. The lowest BCUT2D eigenvalue weighted by atomic mass is 9.80. The van der Waals surface area contributed by atoms with Gasteiger partial charge in [-0.3, -0.25) is 0 Å². The second-order valence-corrected chi connectivity index (χ2v) is 18.8. The third kappa shape index (κ3) is 5.32. The van der Waals surface area contributed by atoms with E-state index in [4.69, 9.17) is 0 Å². The summed E-state index contributed by atoms with van der Waals surface area (Å²) in [6, 6.07) is 82.1. The van der Waals surface area contributed by atoms with Crippen molar-refractivity contribution in [1.29, 1.82) is 0 Å². The Hall–Kier alpha value is -8.06. The highest BCUT2D eigenvalue weighted by Crippen LogP contribution is 2.51. The van der Waals surface area contributed by atoms with Crippen molar-refractivity contribution < 1.29 is 0 Å². The van der Waals surface area contributed by atoms with Crippen molar-refractivity contribution in [2.45, 2.75) is 19.3 Å². The molecule has 302 valence electrons. The molecule has 14 rings (SSSR count). The van der Waals surface area contributed by atoms with Gasteiger partial charge in [0.1, 0.15) is 0 Å². The molecule has 0 radical (unpaired) electrons. The zero-order valence-electron chi connectivity index (χ0n) is 36.3. The van der Waals surface area contributed by atoms with Crippen LogP contribution >= 0.6 is 0 Å². The standard InChI is InChI=1S/C65H42/c1-65(2)59-37-49(39-11-15-42(16-12-39)52-30-21-46-20-19-44-9-6-10-45-24-34-56(52)62(46)61(44)45)27-32-54(59)55-33-28-50(38-60(55)65)40-13-17-43(18-14-40)53-31-23-48-25-35-57-51(41-7-4-3-5-8-41)29-22-47-26-36-58(53)64(48)63(47)57/h3-38H,1-2H3. The minimum Gasteiger partial charge on any atom is -0.0622 e. The van der Waals surface area contributed by atoms with Crippen LogP contribution in [0.1, 0.15) is 25.0 Å². The van der Waals surface area contributed by atoms with Gasteiger partial charge in [-0.1, -0.05) is 220 Å². The molecule has 0 amide bonds. The Bertz CT molecular complexity index is 4020. The SMILES string of the molecule is CC1(C)c2cc(-c3ccc(-c4ccc5ccc6cccc7ccc4c5c67)cc3)ccc2-c2ccc(-c3ccc(-c4ccc5ccc6c(-c7ccccc7)ccc7ccc4c5c76)cc3)cc21. The van der Waals surface area contributed by atoms with Crippen molar-refractivity contribution in [1.82, 2.24) is 0 Å². The highest BCUT2D eigenvalue weighted by molar-refractivity contribution is 6.28. The number of benzene rings is 13. The second kappa shape index (κ2) is 13.5. The largest absolute Gasteiger partial charge is 0.0622 e. The molecule has 13 aromatic carbocycles. The normalized spacial score (nSPS) is 13.2. The summed E-state index contributed by atoms with van der Waals surface area (Å²) in [6.45, 7) is 4.78. The summed E-state index contributed by atoms with van der Waals surface area (Å²) in [5.41, 5.74) is 17.9. The third-order valence-electron chi connectivity index (χ3n) is 15.0. The number of rotatable bonds is 5. The van der Waals surface area contributed by atoms with E-state index in [0.717, 1.165) is 0 Å². The van der Waals surface area contributed by atoms with Crippen molar-refractivity contribution in [2.75, 3.05) is 0 Å². The van der Waals surface area contributed by atoms with E-state index in [2.05, 4.69) is 232 Å². The molecule has 0 unspecified atom stereocenters. The molecule has 0 aliphatic heterocycles. The van der Waals surface area contributed by atoms with Gasteiger partial charge in [0.15, 0.2) is 0 Å². The van der Waals surface area contributed by atoms with E-state index in [9.17, 15) is 0 Å². The Morgan fingerprint density at radius 2 is 0.554 bits per heavy atom. The Labute approximate surface area is 378 Å². The molecule has 0 aromatic heterocycles. The van der Waals surface area contributed by atoms with E-state index < -0.39 is 0 Å². The van der Waals surface area contributed by atoms with Crippen LogP contribution in [0.3, 0.4) is 0 Å². The topological polar surface area (TPSA) is 0 Å². The van der Waals surface area contributed by atoms with Crippen LogP contribution in [0.15, 0.2) is 218 Å². The first-order valence-corrected chi connectivity index (χ1v) is 22.9. The van der Waals surface area contributed by atoms with Crippen LogP contribution in [0.2, 0.25) is 0 Å². The summed E-state index contributed by atoms with van der Waals surface area (Å²) in [7, 11) is 0.